The van der Waals surface area contributed by atoms with Crippen LogP contribution in [0.15, 0.2) is 0 Å². The highest BCUT2D eigenvalue weighted by molar-refractivity contribution is 4.73. The first-order valence-electron chi connectivity index (χ1n) is 6.37. The first kappa shape index (κ1) is 16.4. The molecular formula is C12H30N2. The van der Waals surface area contributed by atoms with Gasteiger partial charge in [-0.15, -0.1) is 0 Å². The molecule has 1 aliphatic rings. The van der Waals surface area contributed by atoms with Gasteiger partial charge in [0.05, 0.1) is 0 Å². The lowest BCUT2D eigenvalue weighted by Crippen LogP contribution is -2.40. The van der Waals surface area contributed by atoms with Gasteiger partial charge in [-0.3, -0.25) is 0 Å². The Hall–Kier alpha value is -0.0800. The maximum atomic E-state index is 3.53. The zero-order chi connectivity index (χ0) is 11.2. The summed E-state index contributed by atoms with van der Waals surface area (Å²) >= 11 is 0. The number of hydrogen-bond acceptors (Lipinski definition) is 2. The molecule has 1 aliphatic heterocycles. The summed E-state index contributed by atoms with van der Waals surface area (Å²) < 4.78 is 0. The molecule has 0 unspecified atom stereocenters. The monoisotopic (exact) mass is 202 g/mol. The van der Waals surface area contributed by atoms with Crippen molar-refractivity contribution in [3.8, 4) is 0 Å². The molecule has 2 nitrogen and oxygen atoms in total. The molecule has 0 aromatic carbocycles. The summed E-state index contributed by atoms with van der Waals surface area (Å²) in [6.07, 6.45) is 3.87. The summed E-state index contributed by atoms with van der Waals surface area (Å²) in [4.78, 5) is 0. The first-order chi connectivity index (χ1) is 6.93. The number of nitrogens with one attached hydrogen (secondary N) is 2. The summed E-state index contributed by atoms with van der Waals surface area (Å²) in [6, 6.07) is 0.793. The van der Waals surface area contributed by atoms with Crippen LogP contribution in [-0.4, -0.2) is 25.7 Å². The van der Waals surface area contributed by atoms with Crippen LogP contribution in [0, 0.1) is 0 Å². The number of hydrogen-bond donors (Lipinski definition) is 2. The summed E-state index contributed by atoms with van der Waals surface area (Å²) in [5, 5.41) is 6.88. The van der Waals surface area contributed by atoms with E-state index in [1.54, 1.807) is 0 Å². The molecule has 0 bridgehead atoms. The third-order valence-electron chi connectivity index (χ3n) is 2.02. The highest BCUT2D eigenvalue weighted by atomic mass is 15.0. The maximum absolute atomic E-state index is 3.53. The summed E-state index contributed by atoms with van der Waals surface area (Å²) in [5.74, 6) is 0. The van der Waals surface area contributed by atoms with Gasteiger partial charge >= 0.3 is 0 Å². The zero-order valence-electron chi connectivity index (χ0n) is 10.8. The molecule has 0 saturated carbocycles. The van der Waals surface area contributed by atoms with E-state index in [1.165, 1.54) is 38.9 Å². The molecular weight excluding hydrogens is 172 g/mol. The lowest BCUT2D eigenvalue weighted by Gasteiger charge is -2.23. The normalized spacial score (nSPS) is 16.1. The van der Waals surface area contributed by atoms with Gasteiger partial charge in [0.1, 0.15) is 0 Å². The van der Waals surface area contributed by atoms with Crippen molar-refractivity contribution in [3.63, 3.8) is 0 Å². The molecule has 0 amide bonds. The minimum atomic E-state index is 0.793. The van der Waals surface area contributed by atoms with Gasteiger partial charge in [0.25, 0.3) is 0 Å². The van der Waals surface area contributed by atoms with Crippen molar-refractivity contribution in [3.05, 3.63) is 0 Å². The lowest BCUT2D eigenvalue weighted by atomic mass is 10.1. The topological polar surface area (TPSA) is 24.1 Å². The molecule has 0 aliphatic carbocycles. The molecule has 0 spiro atoms. The minimum absolute atomic E-state index is 0.793. The average Bonchev–Trinajstić information content (AvgIpc) is 2.33. The summed E-state index contributed by atoms with van der Waals surface area (Å²) in [5.41, 5.74) is 0. The van der Waals surface area contributed by atoms with Crippen LogP contribution in [0.5, 0.6) is 0 Å². The molecule has 1 rings (SSSR count). The average molecular weight is 202 g/mol. The highest BCUT2D eigenvalue weighted by Gasteiger charge is 2.10. The first-order valence-corrected chi connectivity index (χ1v) is 6.37. The van der Waals surface area contributed by atoms with E-state index in [0.717, 1.165) is 6.04 Å². The fourth-order valence-corrected chi connectivity index (χ4v) is 1.37. The van der Waals surface area contributed by atoms with Crippen LogP contribution in [0.4, 0.5) is 0 Å². The Morgan fingerprint density at radius 3 is 2.00 bits per heavy atom. The van der Waals surface area contributed by atoms with E-state index >= 15 is 0 Å². The Bertz CT molecular complexity index is 78.4. The smallest absolute Gasteiger partial charge is 0.00912 e. The largest absolute Gasteiger partial charge is 0.317 e. The summed E-state index contributed by atoms with van der Waals surface area (Å²) in [6.45, 7) is 13.8. The van der Waals surface area contributed by atoms with Crippen molar-refractivity contribution in [1.29, 1.82) is 0 Å². The predicted molar refractivity (Wildman–Crippen MR) is 66.9 cm³/mol. The molecule has 0 atom stereocenters. The SMILES string of the molecule is CC.CC.CCCNC1CCNCC1. The molecule has 88 valence electrons. The van der Waals surface area contributed by atoms with Crippen molar-refractivity contribution >= 4 is 0 Å². The van der Waals surface area contributed by atoms with Gasteiger partial charge in [-0.2, -0.15) is 0 Å². The quantitative estimate of drug-likeness (QED) is 0.735. The molecule has 2 heteroatoms. The second-order valence-electron chi connectivity index (χ2n) is 2.98. The van der Waals surface area contributed by atoms with Crippen LogP contribution in [0.3, 0.4) is 0 Å². The highest BCUT2D eigenvalue weighted by Crippen LogP contribution is 2.00. The van der Waals surface area contributed by atoms with Gasteiger partial charge in [0, 0.05) is 6.04 Å². The Balaban J connectivity index is 0. The molecule has 0 aromatic heterocycles. The standard InChI is InChI=1S/C8H18N2.2C2H6/c1-2-5-10-8-3-6-9-7-4-8;2*1-2/h8-10H,2-7H2,1H3;2*1-2H3. The van der Waals surface area contributed by atoms with Crippen molar-refractivity contribution < 1.29 is 0 Å². The van der Waals surface area contributed by atoms with E-state index in [9.17, 15) is 0 Å². The van der Waals surface area contributed by atoms with Crippen molar-refractivity contribution in [2.45, 2.75) is 59.9 Å². The summed E-state index contributed by atoms with van der Waals surface area (Å²) in [7, 11) is 0. The van der Waals surface area contributed by atoms with Crippen molar-refractivity contribution in [2.24, 2.45) is 0 Å². The van der Waals surface area contributed by atoms with Crippen molar-refractivity contribution in [2.75, 3.05) is 19.6 Å². The Kier molecular flexibility index (Phi) is 18.0. The van der Waals surface area contributed by atoms with Gasteiger partial charge in [0.15, 0.2) is 0 Å². The molecule has 0 radical (unpaired) electrons. The molecule has 1 heterocycles. The van der Waals surface area contributed by atoms with E-state index in [4.69, 9.17) is 0 Å². The molecule has 0 aromatic rings. The van der Waals surface area contributed by atoms with Crippen LogP contribution in [0.2, 0.25) is 0 Å². The van der Waals surface area contributed by atoms with Crippen LogP contribution in [0.25, 0.3) is 0 Å². The third-order valence-corrected chi connectivity index (χ3v) is 2.02. The van der Waals surface area contributed by atoms with Crippen molar-refractivity contribution in [1.82, 2.24) is 10.6 Å². The minimum Gasteiger partial charge on any atom is -0.317 e. The van der Waals surface area contributed by atoms with Crippen LogP contribution in [0.1, 0.15) is 53.9 Å². The van der Waals surface area contributed by atoms with Gasteiger partial charge in [-0.1, -0.05) is 34.6 Å². The van der Waals surface area contributed by atoms with Gasteiger partial charge in [-0.25, -0.2) is 0 Å². The van der Waals surface area contributed by atoms with Gasteiger partial charge in [0.2, 0.25) is 0 Å². The van der Waals surface area contributed by atoms with Crippen LogP contribution < -0.4 is 10.6 Å². The van der Waals surface area contributed by atoms with E-state index in [2.05, 4.69) is 17.6 Å². The predicted octanol–water partition coefficient (Wildman–Crippen LogP) is 2.79. The molecule has 14 heavy (non-hydrogen) atoms. The Labute approximate surface area is 90.9 Å². The lowest BCUT2D eigenvalue weighted by molar-refractivity contribution is 0.388. The molecule has 2 N–H and O–H groups in total. The van der Waals surface area contributed by atoms with Gasteiger partial charge < -0.3 is 10.6 Å². The fourth-order valence-electron chi connectivity index (χ4n) is 1.37. The third kappa shape index (κ3) is 10.0. The number of rotatable bonds is 3. The fraction of sp³-hybridized carbons (Fsp3) is 1.00. The maximum Gasteiger partial charge on any atom is 0.00912 e. The Morgan fingerprint density at radius 1 is 1.07 bits per heavy atom. The van der Waals surface area contributed by atoms with Gasteiger partial charge in [-0.05, 0) is 38.9 Å². The van der Waals surface area contributed by atoms with E-state index in [0.29, 0.717) is 0 Å². The van der Waals surface area contributed by atoms with E-state index in [-0.39, 0.29) is 0 Å². The molecule has 1 saturated heterocycles. The van der Waals surface area contributed by atoms with E-state index < -0.39 is 0 Å². The van der Waals surface area contributed by atoms with Crippen LogP contribution >= 0.6 is 0 Å². The molecule has 1 fully saturated rings. The van der Waals surface area contributed by atoms with Crippen LogP contribution in [-0.2, 0) is 0 Å². The van der Waals surface area contributed by atoms with E-state index in [1.807, 2.05) is 27.7 Å². The Morgan fingerprint density at radius 2 is 1.57 bits per heavy atom. The zero-order valence-corrected chi connectivity index (χ0v) is 10.8. The number of piperidine rings is 1. The second kappa shape index (κ2) is 15.4. The second-order valence-corrected chi connectivity index (χ2v) is 2.98.